The fourth-order valence-corrected chi connectivity index (χ4v) is 3.37. The van der Waals surface area contributed by atoms with Gasteiger partial charge in [0, 0.05) is 29.1 Å². The largest absolute Gasteiger partial charge is 0.477 e. The Bertz CT molecular complexity index is 1020. The summed E-state index contributed by atoms with van der Waals surface area (Å²) < 4.78 is 11.3. The molecule has 3 aromatic rings. The van der Waals surface area contributed by atoms with Crippen molar-refractivity contribution < 1.29 is 24.2 Å². The lowest BCUT2D eigenvalue weighted by molar-refractivity contribution is 0.0393. The Morgan fingerprint density at radius 3 is 2.68 bits per heavy atom. The highest BCUT2D eigenvalue weighted by Gasteiger charge is 2.24. The smallest absolute Gasteiger partial charge is 0.231 e. The lowest BCUT2D eigenvalue weighted by atomic mass is 10.1. The molecule has 9 heteroatoms. The lowest BCUT2D eigenvalue weighted by Crippen LogP contribution is -2.29. The number of anilines is 1. The molecule has 0 amide bonds. The number of ketones is 1. The van der Waals surface area contributed by atoms with Crippen LogP contribution in [0.25, 0.3) is 11.0 Å². The van der Waals surface area contributed by atoms with Crippen LogP contribution in [0.3, 0.4) is 0 Å². The number of benzene rings is 2. The number of ether oxygens (including phenoxy) is 1. The van der Waals surface area contributed by atoms with Crippen molar-refractivity contribution in [3.05, 3.63) is 57.8 Å². The van der Waals surface area contributed by atoms with Crippen molar-refractivity contribution in [3.8, 4) is 5.75 Å². The summed E-state index contributed by atoms with van der Waals surface area (Å²) in [4.78, 5) is 13.0. The fourth-order valence-electron chi connectivity index (χ4n) is 2.66. The van der Waals surface area contributed by atoms with E-state index in [0.717, 1.165) is 0 Å². The van der Waals surface area contributed by atoms with Gasteiger partial charge in [0.15, 0.2) is 11.2 Å². The number of carbonyl (C=O) groups is 1. The molecule has 28 heavy (non-hydrogen) atoms. The summed E-state index contributed by atoms with van der Waals surface area (Å²) in [5.41, 5.74) is 0.249. The lowest BCUT2D eigenvalue weighted by Gasteiger charge is -2.17. The summed E-state index contributed by atoms with van der Waals surface area (Å²) >= 11 is 16.2. The molecule has 0 aliphatic heterocycles. The standard InChI is InChI=1S/C19H17Cl2NO5S/c1-22-16-12-5-3-10(26-19(28)14(24)8-23)7-15(12)27-18(16)17(25)11-4-2-9(20)6-13(11)21/h2-7,14,19,22-24,28H,8H2,1H3. The zero-order valence-corrected chi connectivity index (χ0v) is 17.1. The van der Waals surface area contributed by atoms with Gasteiger partial charge in [0.2, 0.25) is 5.78 Å². The van der Waals surface area contributed by atoms with Crippen LogP contribution >= 0.6 is 35.8 Å². The van der Waals surface area contributed by atoms with Gasteiger partial charge in [0.05, 0.1) is 17.3 Å². The molecule has 2 unspecified atom stereocenters. The number of nitrogens with one attached hydrogen (secondary N) is 1. The topological polar surface area (TPSA) is 91.9 Å². The Morgan fingerprint density at radius 2 is 2.04 bits per heavy atom. The first-order chi connectivity index (χ1) is 13.3. The van der Waals surface area contributed by atoms with Gasteiger partial charge in [0.25, 0.3) is 0 Å². The quantitative estimate of drug-likeness (QED) is 0.251. The first kappa shape index (κ1) is 20.8. The maximum absolute atomic E-state index is 13.0. The van der Waals surface area contributed by atoms with E-state index in [1.165, 1.54) is 12.1 Å². The number of fused-ring (bicyclic) bond motifs is 1. The van der Waals surface area contributed by atoms with Gasteiger partial charge in [-0.15, -0.1) is 12.6 Å². The summed E-state index contributed by atoms with van der Waals surface area (Å²) in [6, 6.07) is 9.54. The van der Waals surface area contributed by atoms with Crippen LogP contribution in [0.1, 0.15) is 16.1 Å². The van der Waals surface area contributed by atoms with E-state index in [9.17, 15) is 9.90 Å². The third-order valence-electron chi connectivity index (χ3n) is 4.07. The van der Waals surface area contributed by atoms with Gasteiger partial charge < -0.3 is 24.7 Å². The number of thiol groups is 1. The fraction of sp³-hybridized carbons (Fsp3) is 0.211. The monoisotopic (exact) mass is 441 g/mol. The van der Waals surface area contributed by atoms with E-state index >= 15 is 0 Å². The van der Waals surface area contributed by atoms with E-state index in [2.05, 4.69) is 17.9 Å². The van der Waals surface area contributed by atoms with Crippen molar-refractivity contribution in [3.63, 3.8) is 0 Å². The van der Waals surface area contributed by atoms with Crippen molar-refractivity contribution in [2.24, 2.45) is 0 Å². The van der Waals surface area contributed by atoms with Gasteiger partial charge >= 0.3 is 0 Å². The van der Waals surface area contributed by atoms with Crippen LogP contribution in [0, 0.1) is 0 Å². The number of furan rings is 1. The van der Waals surface area contributed by atoms with Gasteiger partial charge in [-0.3, -0.25) is 4.79 Å². The summed E-state index contributed by atoms with van der Waals surface area (Å²) in [5, 5.41) is 22.8. The highest BCUT2D eigenvalue weighted by molar-refractivity contribution is 7.80. The molecule has 2 atom stereocenters. The van der Waals surface area contributed by atoms with E-state index in [1.807, 2.05) is 0 Å². The number of aliphatic hydroxyl groups excluding tert-OH is 2. The first-order valence-electron chi connectivity index (χ1n) is 8.23. The Balaban J connectivity index is 2.00. The Morgan fingerprint density at radius 1 is 1.29 bits per heavy atom. The van der Waals surface area contributed by atoms with Crippen LogP contribution in [0.2, 0.25) is 10.0 Å². The molecule has 0 aliphatic carbocycles. The van der Waals surface area contributed by atoms with E-state index in [0.29, 0.717) is 27.4 Å². The number of hydrogen-bond acceptors (Lipinski definition) is 7. The Labute approximate surface area is 176 Å². The van der Waals surface area contributed by atoms with E-state index in [4.69, 9.17) is 37.5 Å². The normalized spacial score (nSPS) is 13.4. The zero-order valence-electron chi connectivity index (χ0n) is 14.6. The number of halogens is 2. The summed E-state index contributed by atoms with van der Waals surface area (Å²) in [6.07, 6.45) is -1.15. The highest BCUT2D eigenvalue weighted by atomic mass is 35.5. The van der Waals surface area contributed by atoms with Crippen molar-refractivity contribution in [2.45, 2.75) is 11.5 Å². The molecule has 0 radical (unpaired) electrons. The van der Waals surface area contributed by atoms with E-state index in [1.54, 1.807) is 31.3 Å². The molecular formula is C19H17Cl2NO5S. The third-order valence-corrected chi connectivity index (χ3v) is 5.06. The molecule has 3 N–H and O–H groups in total. The molecular weight excluding hydrogens is 425 g/mol. The minimum atomic E-state index is -1.15. The molecule has 148 valence electrons. The van der Waals surface area contributed by atoms with Gasteiger partial charge in [-0.05, 0) is 30.3 Å². The van der Waals surface area contributed by atoms with Crippen molar-refractivity contribution in [1.29, 1.82) is 0 Å². The van der Waals surface area contributed by atoms with Crippen molar-refractivity contribution >= 4 is 58.3 Å². The average molecular weight is 442 g/mol. The molecule has 1 heterocycles. The predicted molar refractivity (Wildman–Crippen MR) is 112 cm³/mol. The van der Waals surface area contributed by atoms with Crippen LogP contribution in [-0.4, -0.2) is 41.2 Å². The highest BCUT2D eigenvalue weighted by Crippen LogP contribution is 2.36. The summed E-state index contributed by atoms with van der Waals surface area (Å²) in [6.45, 7) is -0.485. The molecule has 2 aromatic carbocycles. The average Bonchev–Trinajstić information content (AvgIpc) is 3.04. The summed E-state index contributed by atoms with van der Waals surface area (Å²) in [7, 11) is 1.68. The molecule has 0 saturated heterocycles. The minimum absolute atomic E-state index is 0.0942. The van der Waals surface area contributed by atoms with Crippen molar-refractivity contribution in [2.75, 3.05) is 19.0 Å². The van der Waals surface area contributed by atoms with E-state index in [-0.39, 0.29) is 16.3 Å². The third kappa shape index (κ3) is 4.09. The number of carbonyl (C=O) groups excluding carboxylic acids is 1. The molecule has 0 aliphatic rings. The van der Waals surface area contributed by atoms with Crippen LogP contribution in [0.5, 0.6) is 5.75 Å². The van der Waals surface area contributed by atoms with Gasteiger partial charge in [-0.1, -0.05) is 23.2 Å². The van der Waals surface area contributed by atoms with Crippen LogP contribution in [-0.2, 0) is 0 Å². The maximum atomic E-state index is 13.0. The second-order valence-electron chi connectivity index (χ2n) is 5.93. The number of hydrogen-bond donors (Lipinski definition) is 4. The molecule has 3 rings (SSSR count). The molecule has 0 bridgehead atoms. The van der Waals surface area contributed by atoms with Gasteiger partial charge in [-0.2, -0.15) is 0 Å². The molecule has 1 aromatic heterocycles. The van der Waals surface area contributed by atoms with Crippen LogP contribution < -0.4 is 10.1 Å². The summed E-state index contributed by atoms with van der Waals surface area (Å²) in [5.74, 6) is 0.0593. The second kappa shape index (κ2) is 8.63. The number of rotatable bonds is 7. The van der Waals surface area contributed by atoms with E-state index < -0.39 is 23.9 Å². The van der Waals surface area contributed by atoms with Crippen LogP contribution in [0.4, 0.5) is 5.69 Å². The zero-order chi connectivity index (χ0) is 20.4. The molecule has 6 nitrogen and oxygen atoms in total. The second-order valence-corrected chi connectivity index (χ2v) is 7.28. The minimum Gasteiger partial charge on any atom is -0.477 e. The maximum Gasteiger partial charge on any atom is 0.231 e. The predicted octanol–water partition coefficient (Wildman–Crippen LogP) is 4.00. The van der Waals surface area contributed by atoms with Crippen LogP contribution in [0.15, 0.2) is 40.8 Å². The SMILES string of the molecule is CNc1c(C(=O)c2ccc(Cl)cc2Cl)oc2cc(OC(S)C(O)CO)ccc12. The Hall–Kier alpha value is -1.90. The van der Waals surface area contributed by atoms with Gasteiger partial charge in [0.1, 0.15) is 17.4 Å². The Kier molecular flexibility index (Phi) is 6.42. The van der Waals surface area contributed by atoms with Crippen molar-refractivity contribution in [1.82, 2.24) is 0 Å². The first-order valence-corrected chi connectivity index (χ1v) is 9.50. The molecule has 0 saturated carbocycles. The number of aliphatic hydroxyl groups is 2. The molecule has 0 fully saturated rings. The van der Waals surface area contributed by atoms with Gasteiger partial charge in [-0.25, -0.2) is 0 Å². The molecule has 0 spiro atoms.